The predicted octanol–water partition coefficient (Wildman–Crippen LogP) is 4.32. The monoisotopic (exact) mass is 439 g/mol. The zero-order valence-corrected chi connectivity index (χ0v) is 17.0. The van der Waals surface area contributed by atoms with Crippen molar-refractivity contribution in [3.8, 4) is 22.6 Å². The summed E-state index contributed by atoms with van der Waals surface area (Å²) in [6.07, 6.45) is 2.61. The molecular formula is C20H16ClF2NO4S. The summed E-state index contributed by atoms with van der Waals surface area (Å²) < 4.78 is 57.4. The maximum Gasteiger partial charge on any atom is 0.269 e. The molecule has 0 N–H and O–H groups in total. The van der Waals surface area contributed by atoms with Crippen molar-refractivity contribution in [2.45, 2.75) is 5.75 Å². The molecule has 152 valence electrons. The van der Waals surface area contributed by atoms with Crippen molar-refractivity contribution in [1.82, 2.24) is 4.57 Å². The molecule has 0 aliphatic carbocycles. The van der Waals surface area contributed by atoms with Gasteiger partial charge in [-0.05, 0) is 35.9 Å². The second-order valence-corrected chi connectivity index (χ2v) is 9.12. The molecule has 0 spiro atoms. The van der Waals surface area contributed by atoms with E-state index in [9.17, 15) is 22.0 Å². The van der Waals surface area contributed by atoms with Gasteiger partial charge in [0.1, 0.15) is 16.6 Å². The van der Waals surface area contributed by atoms with Crippen molar-refractivity contribution >= 4 is 21.4 Å². The molecule has 29 heavy (non-hydrogen) atoms. The zero-order chi connectivity index (χ0) is 21.3. The number of aryl methyl sites for hydroxylation is 1. The molecule has 0 unspecified atom stereocenters. The summed E-state index contributed by atoms with van der Waals surface area (Å²) in [5.74, 6) is -1.88. The zero-order valence-electron chi connectivity index (χ0n) is 15.4. The summed E-state index contributed by atoms with van der Waals surface area (Å²) >= 11 is 6.00. The van der Waals surface area contributed by atoms with E-state index in [1.807, 2.05) is 0 Å². The van der Waals surface area contributed by atoms with Gasteiger partial charge in [0, 0.05) is 36.7 Å². The van der Waals surface area contributed by atoms with E-state index in [1.165, 1.54) is 36.0 Å². The van der Waals surface area contributed by atoms with Crippen molar-refractivity contribution in [3.05, 3.63) is 81.2 Å². The van der Waals surface area contributed by atoms with Gasteiger partial charge in [-0.15, -0.1) is 0 Å². The highest BCUT2D eigenvalue weighted by atomic mass is 35.5. The van der Waals surface area contributed by atoms with Crippen LogP contribution in [0.4, 0.5) is 8.78 Å². The number of nitrogens with zero attached hydrogens (tertiary/aromatic N) is 1. The van der Waals surface area contributed by atoms with Gasteiger partial charge in [0.2, 0.25) is 0 Å². The average molecular weight is 440 g/mol. The Balaban J connectivity index is 2.16. The molecule has 0 saturated carbocycles. The smallest absolute Gasteiger partial charge is 0.269 e. The third kappa shape index (κ3) is 5.02. The second-order valence-electron chi connectivity index (χ2n) is 6.57. The number of hydrogen-bond acceptors (Lipinski definition) is 4. The Labute approximate surface area is 171 Å². The normalized spacial score (nSPS) is 11.5. The molecule has 0 aliphatic heterocycles. The van der Waals surface area contributed by atoms with Crippen molar-refractivity contribution in [2.75, 3.05) is 6.26 Å². The summed E-state index contributed by atoms with van der Waals surface area (Å²) in [4.78, 5) is 11.9. The molecule has 0 amide bonds. The van der Waals surface area contributed by atoms with Gasteiger partial charge >= 0.3 is 0 Å². The van der Waals surface area contributed by atoms with Crippen LogP contribution in [0.2, 0.25) is 5.02 Å². The van der Waals surface area contributed by atoms with Crippen LogP contribution in [0.5, 0.6) is 11.5 Å². The van der Waals surface area contributed by atoms with E-state index in [1.54, 1.807) is 6.07 Å². The van der Waals surface area contributed by atoms with Crippen LogP contribution in [0.15, 0.2) is 53.5 Å². The first-order valence-corrected chi connectivity index (χ1v) is 10.8. The van der Waals surface area contributed by atoms with Crippen LogP contribution in [-0.4, -0.2) is 19.2 Å². The van der Waals surface area contributed by atoms with E-state index in [0.717, 1.165) is 18.4 Å². The van der Waals surface area contributed by atoms with Crippen LogP contribution in [0.3, 0.4) is 0 Å². The minimum atomic E-state index is -3.31. The lowest BCUT2D eigenvalue weighted by Crippen LogP contribution is -2.16. The molecular weight excluding hydrogens is 424 g/mol. The van der Waals surface area contributed by atoms with Gasteiger partial charge in [0.05, 0.1) is 5.75 Å². The minimum absolute atomic E-state index is 0.0440. The fraction of sp³-hybridized carbons (Fsp3) is 0.150. The minimum Gasteiger partial charge on any atom is -0.454 e. The molecule has 2 aromatic carbocycles. The van der Waals surface area contributed by atoms with Crippen LogP contribution >= 0.6 is 11.6 Å². The van der Waals surface area contributed by atoms with Crippen molar-refractivity contribution in [3.63, 3.8) is 0 Å². The average Bonchev–Trinajstić information content (AvgIpc) is 2.61. The Kier molecular flexibility index (Phi) is 5.77. The SMILES string of the molecule is Cn1cc(-c2cc(CS(C)(=O)=O)ccc2Oc2ccc(F)cc2F)cc(Cl)c1=O. The predicted molar refractivity (Wildman–Crippen MR) is 107 cm³/mol. The van der Waals surface area contributed by atoms with Gasteiger partial charge < -0.3 is 9.30 Å². The van der Waals surface area contributed by atoms with E-state index in [2.05, 4.69) is 0 Å². The number of rotatable bonds is 5. The number of hydrogen-bond donors (Lipinski definition) is 0. The Morgan fingerprint density at radius 2 is 1.76 bits per heavy atom. The van der Waals surface area contributed by atoms with Crippen molar-refractivity contribution in [1.29, 1.82) is 0 Å². The van der Waals surface area contributed by atoms with Gasteiger partial charge in [0.15, 0.2) is 21.4 Å². The van der Waals surface area contributed by atoms with Crippen LogP contribution in [-0.2, 0) is 22.6 Å². The molecule has 3 aromatic rings. The summed E-state index contributed by atoms with van der Waals surface area (Å²) in [6, 6.07) is 8.88. The fourth-order valence-electron chi connectivity index (χ4n) is 2.78. The molecule has 1 heterocycles. The summed E-state index contributed by atoms with van der Waals surface area (Å²) in [7, 11) is -1.79. The molecule has 0 aliphatic rings. The highest BCUT2D eigenvalue weighted by Crippen LogP contribution is 2.36. The highest BCUT2D eigenvalue weighted by molar-refractivity contribution is 7.89. The Hall–Kier alpha value is -2.71. The van der Waals surface area contributed by atoms with Gasteiger partial charge in [-0.25, -0.2) is 17.2 Å². The first kappa shape index (κ1) is 21.0. The molecule has 0 radical (unpaired) electrons. The number of ether oxygens (including phenoxy) is 1. The molecule has 9 heteroatoms. The molecule has 5 nitrogen and oxygen atoms in total. The fourth-order valence-corrected chi connectivity index (χ4v) is 3.82. The maximum atomic E-state index is 14.0. The lowest BCUT2D eigenvalue weighted by molar-refractivity contribution is 0.439. The molecule has 0 saturated heterocycles. The Bertz CT molecular complexity index is 1230. The van der Waals surface area contributed by atoms with Crippen molar-refractivity contribution < 1.29 is 21.9 Å². The third-order valence-electron chi connectivity index (χ3n) is 4.04. The summed E-state index contributed by atoms with van der Waals surface area (Å²) in [6.45, 7) is 0. The van der Waals surface area contributed by atoms with E-state index in [4.69, 9.17) is 16.3 Å². The van der Waals surface area contributed by atoms with Crippen LogP contribution < -0.4 is 10.3 Å². The first-order chi connectivity index (χ1) is 13.5. The highest BCUT2D eigenvalue weighted by Gasteiger charge is 2.15. The molecule has 1 aromatic heterocycles. The topological polar surface area (TPSA) is 65.4 Å². The number of pyridine rings is 1. The van der Waals surface area contributed by atoms with E-state index < -0.39 is 27.0 Å². The number of halogens is 3. The number of benzene rings is 2. The van der Waals surface area contributed by atoms with E-state index in [-0.39, 0.29) is 22.3 Å². The molecule has 0 fully saturated rings. The van der Waals surface area contributed by atoms with Gasteiger partial charge in [-0.1, -0.05) is 17.7 Å². The third-order valence-corrected chi connectivity index (χ3v) is 5.17. The summed E-state index contributed by atoms with van der Waals surface area (Å²) in [5.41, 5.74) is 0.923. The van der Waals surface area contributed by atoms with Crippen LogP contribution in [0.25, 0.3) is 11.1 Å². The Morgan fingerprint density at radius 3 is 2.38 bits per heavy atom. The lowest BCUT2D eigenvalue weighted by Gasteiger charge is -2.15. The van der Waals surface area contributed by atoms with E-state index in [0.29, 0.717) is 22.8 Å². The van der Waals surface area contributed by atoms with Crippen LogP contribution in [0.1, 0.15) is 5.56 Å². The maximum absolute atomic E-state index is 14.0. The van der Waals surface area contributed by atoms with E-state index >= 15 is 0 Å². The molecule has 0 atom stereocenters. The summed E-state index contributed by atoms with van der Waals surface area (Å²) in [5, 5.41) is -0.0440. The van der Waals surface area contributed by atoms with Crippen molar-refractivity contribution in [2.24, 2.45) is 7.05 Å². The second kappa shape index (κ2) is 7.96. The van der Waals surface area contributed by atoms with Gasteiger partial charge in [-0.3, -0.25) is 4.79 Å². The molecule has 3 rings (SSSR count). The number of sulfone groups is 1. The van der Waals surface area contributed by atoms with Gasteiger partial charge in [0.25, 0.3) is 5.56 Å². The molecule has 0 bridgehead atoms. The first-order valence-electron chi connectivity index (χ1n) is 8.33. The van der Waals surface area contributed by atoms with Gasteiger partial charge in [-0.2, -0.15) is 0 Å². The Morgan fingerprint density at radius 1 is 1.07 bits per heavy atom. The quantitative estimate of drug-likeness (QED) is 0.594. The largest absolute Gasteiger partial charge is 0.454 e. The lowest BCUT2D eigenvalue weighted by atomic mass is 10.0. The van der Waals surface area contributed by atoms with Crippen LogP contribution in [0, 0.1) is 11.6 Å². The number of aromatic nitrogens is 1. The standard InChI is InChI=1S/C20H16ClF2NO4S/c1-24-10-13(8-16(21)20(24)25)15-7-12(11-29(2,26)27)3-5-18(15)28-19-6-4-14(22)9-17(19)23/h3-10H,11H2,1-2H3.